The van der Waals surface area contributed by atoms with Crippen LogP contribution in [0, 0.1) is 0 Å². The maximum Gasteiger partial charge on any atom is 0.191 e. The highest BCUT2D eigenvalue weighted by Crippen LogP contribution is 2.24. The SMILES string of the molecule is CCNC(=NCc1cccc(CN(CC)CC)c1)NCC(C)(O)c1cccs1.I. The van der Waals surface area contributed by atoms with Gasteiger partial charge in [0.25, 0.3) is 0 Å². The summed E-state index contributed by atoms with van der Waals surface area (Å²) in [6, 6.07) is 12.5. The number of nitrogens with one attached hydrogen (secondary N) is 2. The van der Waals surface area contributed by atoms with Crippen molar-refractivity contribution in [2.24, 2.45) is 4.99 Å². The molecule has 0 fully saturated rings. The van der Waals surface area contributed by atoms with Gasteiger partial charge in [0.2, 0.25) is 0 Å². The Hall–Kier alpha value is -1.16. The number of aliphatic imine (C=N–C) groups is 1. The first-order chi connectivity index (χ1) is 13.5. The number of benzene rings is 1. The van der Waals surface area contributed by atoms with E-state index in [0.29, 0.717) is 19.0 Å². The predicted octanol–water partition coefficient (Wildman–Crippen LogP) is 4.17. The molecule has 5 nitrogen and oxygen atoms in total. The molecular formula is C22H35IN4OS. The lowest BCUT2D eigenvalue weighted by Crippen LogP contribution is -2.44. The Balaban J connectivity index is 0.00000420. The van der Waals surface area contributed by atoms with Crippen molar-refractivity contribution in [2.75, 3.05) is 26.2 Å². The van der Waals surface area contributed by atoms with Crippen LogP contribution >= 0.6 is 35.3 Å². The van der Waals surface area contributed by atoms with E-state index in [1.807, 2.05) is 31.4 Å². The molecule has 0 aliphatic rings. The van der Waals surface area contributed by atoms with E-state index in [9.17, 15) is 5.11 Å². The van der Waals surface area contributed by atoms with E-state index in [1.165, 1.54) is 11.1 Å². The minimum Gasteiger partial charge on any atom is -0.383 e. The van der Waals surface area contributed by atoms with Crippen LogP contribution < -0.4 is 10.6 Å². The molecule has 0 radical (unpaired) electrons. The zero-order valence-corrected chi connectivity index (χ0v) is 21.1. The topological polar surface area (TPSA) is 59.9 Å². The Bertz CT molecular complexity index is 730. The maximum atomic E-state index is 10.7. The van der Waals surface area contributed by atoms with Crippen molar-refractivity contribution >= 4 is 41.3 Å². The molecule has 2 aromatic rings. The highest BCUT2D eigenvalue weighted by molar-refractivity contribution is 14.0. The molecule has 2 rings (SSSR count). The maximum absolute atomic E-state index is 10.7. The standard InChI is InChI=1S/C22H34N4OS.HI/c1-5-23-21(25-17-22(4,27)20-12-9-13-28-20)24-15-18-10-8-11-19(14-18)16-26(6-2)7-3;/h8-14,27H,5-7,15-17H2,1-4H3,(H2,23,24,25);1H. The fourth-order valence-corrected chi connectivity index (χ4v) is 3.76. The highest BCUT2D eigenvalue weighted by Gasteiger charge is 2.24. The lowest BCUT2D eigenvalue weighted by Gasteiger charge is -2.23. The Morgan fingerprint density at radius 2 is 1.83 bits per heavy atom. The van der Waals surface area contributed by atoms with E-state index < -0.39 is 5.60 Å². The average molecular weight is 531 g/mol. The average Bonchev–Trinajstić information content (AvgIpc) is 3.24. The molecule has 0 saturated carbocycles. The fraction of sp³-hybridized carbons (Fsp3) is 0.500. The van der Waals surface area contributed by atoms with Gasteiger partial charge in [-0.3, -0.25) is 4.90 Å². The van der Waals surface area contributed by atoms with Crippen molar-refractivity contribution in [3.8, 4) is 0 Å². The van der Waals surface area contributed by atoms with Gasteiger partial charge in [-0.1, -0.05) is 44.2 Å². The third kappa shape index (κ3) is 8.62. The molecule has 1 atom stereocenters. The number of rotatable bonds is 10. The first kappa shape index (κ1) is 25.9. The molecule has 1 aromatic carbocycles. The summed E-state index contributed by atoms with van der Waals surface area (Å²) in [5.41, 5.74) is 1.58. The van der Waals surface area contributed by atoms with Crippen LogP contribution in [0.1, 0.15) is 43.7 Å². The first-order valence-electron chi connectivity index (χ1n) is 10.1. The molecule has 0 aliphatic heterocycles. The van der Waals surface area contributed by atoms with Crippen molar-refractivity contribution < 1.29 is 5.11 Å². The van der Waals surface area contributed by atoms with Crippen molar-refractivity contribution in [1.29, 1.82) is 0 Å². The quantitative estimate of drug-likeness (QED) is 0.245. The van der Waals surface area contributed by atoms with E-state index in [0.717, 1.165) is 31.1 Å². The molecule has 29 heavy (non-hydrogen) atoms. The highest BCUT2D eigenvalue weighted by atomic mass is 127. The van der Waals surface area contributed by atoms with Gasteiger partial charge in [0.15, 0.2) is 5.96 Å². The zero-order chi connectivity index (χ0) is 20.4. The largest absolute Gasteiger partial charge is 0.383 e. The van der Waals surface area contributed by atoms with Crippen LogP contribution in [0.3, 0.4) is 0 Å². The monoisotopic (exact) mass is 530 g/mol. The van der Waals surface area contributed by atoms with Crippen LogP contribution in [0.2, 0.25) is 0 Å². The van der Waals surface area contributed by atoms with Crippen LogP contribution in [0.15, 0.2) is 46.8 Å². The Kier molecular flexibility index (Phi) is 11.8. The molecule has 0 saturated heterocycles. The fourth-order valence-electron chi connectivity index (χ4n) is 2.97. The van der Waals surface area contributed by atoms with Crippen molar-refractivity contribution in [1.82, 2.24) is 15.5 Å². The first-order valence-corrected chi connectivity index (χ1v) is 10.9. The molecule has 0 spiro atoms. The molecular weight excluding hydrogens is 495 g/mol. The van der Waals surface area contributed by atoms with E-state index in [1.54, 1.807) is 11.3 Å². The lowest BCUT2D eigenvalue weighted by molar-refractivity contribution is 0.0655. The molecule has 3 N–H and O–H groups in total. The Labute approximate surface area is 196 Å². The molecule has 0 aliphatic carbocycles. The second-order valence-electron chi connectivity index (χ2n) is 7.08. The van der Waals surface area contributed by atoms with E-state index in [2.05, 4.69) is 53.6 Å². The number of aliphatic hydroxyl groups is 1. The summed E-state index contributed by atoms with van der Waals surface area (Å²) in [4.78, 5) is 8.05. The van der Waals surface area contributed by atoms with Gasteiger partial charge in [-0.2, -0.15) is 0 Å². The number of nitrogens with zero attached hydrogens (tertiary/aromatic N) is 2. The van der Waals surface area contributed by atoms with Gasteiger partial charge in [0.1, 0.15) is 5.60 Å². The summed E-state index contributed by atoms with van der Waals surface area (Å²) in [6.07, 6.45) is 0. The van der Waals surface area contributed by atoms with Crippen LogP contribution in [0.25, 0.3) is 0 Å². The van der Waals surface area contributed by atoms with Crippen LogP contribution in [-0.4, -0.2) is 42.1 Å². The third-order valence-electron chi connectivity index (χ3n) is 4.71. The normalized spacial score (nSPS) is 13.7. The smallest absolute Gasteiger partial charge is 0.191 e. The van der Waals surface area contributed by atoms with Gasteiger partial charge in [-0.15, -0.1) is 35.3 Å². The summed E-state index contributed by atoms with van der Waals surface area (Å²) in [7, 11) is 0. The number of hydrogen-bond acceptors (Lipinski definition) is 4. The lowest BCUT2D eigenvalue weighted by atomic mass is 10.1. The van der Waals surface area contributed by atoms with Crippen molar-refractivity contribution in [3.63, 3.8) is 0 Å². The summed E-state index contributed by atoms with van der Waals surface area (Å²) in [5.74, 6) is 0.716. The second-order valence-corrected chi connectivity index (χ2v) is 8.03. The predicted molar refractivity (Wildman–Crippen MR) is 135 cm³/mol. The van der Waals surface area contributed by atoms with E-state index >= 15 is 0 Å². The molecule has 1 aromatic heterocycles. The molecule has 0 bridgehead atoms. The van der Waals surface area contributed by atoms with Gasteiger partial charge >= 0.3 is 0 Å². The minimum absolute atomic E-state index is 0. The molecule has 0 amide bonds. The molecule has 162 valence electrons. The zero-order valence-electron chi connectivity index (χ0n) is 17.9. The minimum atomic E-state index is -0.923. The Morgan fingerprint density at radius 1 is 1.10 bits per heavy atom. The summed E-state index contributed by atoms with van der Waals surface area (Å²) < 4.78 is 0. The van der Waals surface area contributed by atoms with Gasteiger partial charge < -0.3 is 15.7 Å². The number of hydrogen-bond donors (Lipinski definition) is 3. The van der Waals surface area contributed by atoms with Crippen LogP contribution in [0.5, 0.6) is 0 Å². The number of guanidine groups is 1. The van der Waals surface area contributed by atoms with E-state index in [4.69, 9.17) is 4.99 Å². The summed E-state index contributed by atoms with van der Waals surface area (Å²) >= 11 is 1.56. The molecule has 7 heteroatoms. The molecule has 1 unspecified atom stereocenters. The molecule has 1 heterocycles. The van der Waals surface area contributed by atoms with Gasteiger partial charge in [0, 0.05) is 18.0 Å². The van der Waals surface area contributed by atoms with Crippen LogP contribution in [0.4, 0.5) is 0 Å². The van der Waals surface area contributed by atoms with Gasteiger partial charge in [-0.05, 0) is 49.5 Å². The van der Waals surface area contributed by atoms with Crippen molar-refractivity contribution in [3.05, 3.63) is 57.8 Å². The second kappa shape index (κ2) is 13.2. The number of thiophene rings is 1. The van der Waals surface area contributed by atoms with Gasteiger partial charge in [0.05, 0.1) is 13.1 Å². The Morgan fingerprint density at radius 3 is 2.45 bits per heavy atom. The third-order valence-corrected chi connectivity index (χ3v) is 5.83. The van der Waals surface area contributed by atoms with Gasteiger partial charge in [-0.25, -0.2) is 4.99 Å². The van der Waals surface area contributed by atoms with E-state index in [-0.39, 0.29) is 24.0 Å². The number of halogens is 1. The summed E-state index contributed by atoms with van der Waals surface area (Å²) in [5, 5.41) is 19.2. The van der Waals surface area contributed by atoms with Crippen LogP contribution in [-0.2, 0) is 18.7 Å². The van der Waals surface area contributed by atoms with Crippen molar-refractivity contribution in [2.45, 2.75) is 46.4 Å². The summed E-state index contributed by atoms with van der Waals surface area (Å²) in [6.45, 7) is 13.1.